The second-order valence-corrected chi connectivity index (χ2v) is 5.88. The monoisotopic (exact) mass is 343 g/mol. The number of halogens is 3. The van der Waals surface area contributed by atoms with Crippen LogP contribution in [0.25, 0.3) is 11.3 Å². The van der Waals surface area contributed by atoms with Crippen LogP contribution in [0.1, 0.15) is 18.6 Å². The molecule has 5 heteroatoms. The van der Waals surface area contributed by atoms with Crippen LogP contribution >= 0.6 is 27.5 Å². The van der Waals surface area contributed by atoms with Gasteiger partial charge in [-0.1, -0.05) is 11.6 Å². The van der Waals surface area contributed by atoms with Crippen molar-refractivity contribution in [2.75, 3.05) is 0 Å². The summed E-state index contributed by atoms with van der Waals surface area (Å²) < 4.78 is 20.2. The summed E-state index contributed by atoms with van der Waals surface area (Å²) >= 11 is 9.07. The third kappa shape index (κ3) is 2.86. The second kappa shape index (κ2) is 5.27. The average Bonchev–Trinajstić information content (AvgIpc) is 3.12. The molecule has 100 valence electrons. The van der Waals surface area contributed by atoms with E-state index < -0.39 is 5.82 Å². The second-order valence-electron chi connectivity index (χ2n) is 4.64. The molecule has 1 aliphatic carbocycles. The zero-order chi connectivity index (χ0) is 13.4. The molecule has 1 aliphatic rings. The summed E-state index contributed by atoms with van der Waals surface area (Å²) in [6, 6.07) is 7.62. The minimum absolute atomic E-state index is 0.0755. The molecule has 1 fully saturated rings. The van der Waals surface area contributed by atoms with Crippen LogP contribution in [0.2, 0.25) is 5.02 Å². The van der Waals surface area contributed by atoms with Crippen molar-refractivity contribution >= 4 is 27.5 Å². The fourth-order valence-electron chi connectivity index (χ4n) is 1.87. The minimum atomic E-state index is -0.466. The summed E-state index contributed by atoms with van der Waals surface area (Å²) in [4.78, 5) is 0. The molecule has 1 N–H and O–H groups in total. The zero-order valence-corrected chi connectivity index (χ0v) is 12.4. The standard InChI is InChI=1S/C14H12BrClFNO/c15-11-5-4-10(14(17)13(11)16)12-6-3-9(19-12)7-18-8-1-2-8/h3-6,8,18H,1-2,7H2. The molecule has 2 nitrogen and oxygen atoms in total. The van der Waals surface area contributed by atoms with Gasteiger partial charge in [-0.25, -0.2) is 4.39 Å². The highest BCUT2D eigenvalue weighted by Gasteiger charge is 2.21. The maximum Gasteiger partial charge on any atom is 0.153 e. The van der Waals surface area contributed by atoms with Crippen molar-refractivity contribution in [1.29, 1.82) is 0 Å². The van der Waals surface area contributed by atoms with Crippen molar-refractivity contribution in [1.82, 2.24) is 5.32 Å². The van der Waals surface area contributed by atoms with Crippen LogP contribution in [0.5, 0.6) is 0 Å². The van der Waals surface area contributed by atoms with E-state index in [1.165, 1.54) is 12.8 Å². The number of nitrogens with one attached hydrogen (secondary N) is 1. The molecule has 0 unspecified atom stereocenters. The van der Waals surface area contributed by atoms with Crippen molar-refractivity contribution in [3.8, 4) is 11.3 Å². The fraction of sp³-hybridized carbons (Fsp3) is 0.286. The van der Waals surface area contributed by atoms with E-state index in [1.807, 2.05) is 6.07 Å². The van der Waals surface area contributed by atoms with E-state index in [0.717, 1.165) is 5.76 Å². The molecular weight excluding hydrogens is 333 g/mol. The van der Waals surface area contributed by atoms with Crippen LogP contribution in [0.15, 0.2) is 33.2 Å². The molecule has 0 radical (unpaired) electrons. The fourth-order valence-corrected chi connectivity index (χ4v) is 2.34. The molecule has 1 aromatic carbocycles. The number of benzene rings is 1. The molecule has 0 atom stereocenters. The third-order valence-corrected chi connectivity index (χ3v) is 4.36. The Morgan fingerprint density at radius 2 is 2.11 bits per heavy atom. The SMILES string of the molecule is Fc1c(-c2ccc(CNC3CC3)o2)ccc(Br)c1Cl. The van der Waals surface area contributed by atoms with E-state index in [4.69, 9.17) is 16.0 Å². The molecular formula is C14H12BrClFNO. The first-order chi connectivity index (χ1) is 9.15. The topological polar surface area (TPSA) is 25.2 Å². The Balaban J connectivity index is 1.83. The lowest BCUT2D eigenvalue weighted by molar-refractivity contribution is 0.489. The molecule has 19 heavy (non-hydrogen) atoms. The maximum absolute atomic E-state index is 14.0. The predicted molar refractivity (Wildman–Crippen MR) is 76.7 cm³/mol. The molecule has 1 aromatic heterocycles. The van der Waals surface area contributed by atoms with Crippen LogP contribution in [0.3, 0.4) is 0 Å². The molecule has 0 aliphatic heterocycles. The molecule has 1 heterocycles. The lowest BCUT2D eigenvalue weighted by Crippen LogP contribution is -2.14. The Kier molecular flexibility index (Phi) is 3.65. The largest absolute Gasteiger partial charge is 0.460 e. The van der Waals surface area contributed by atoms with Gasteiger partial charge in [0.25, 0.3) is 0 Å². The highest BCUT2D eigenvalue weighted by atomic mass is 79.9. The molecule has 2 aromatic rings. The van der Waals surface area contributed by atoms with Gasteiger partial charge in [0.05, 0.1) is 17.1 Å². The summed E-state index contributed by atoms with van der Waals surface area (Å²) in [5.41, 5.74) is 0.380. The van der Waals surface area contributed by atoms with E-state index >= 15 is 0 Å². The first-order valence-electron chi connectivity index (χ1n) is 6.11. The van der Waals surface area contributed by atoms with E-state index in [2.05, 4.69) is 21.2 Å². The Morgan fingerprint density at radius 3 is 2.84 bits per heavy atom. The molecule has 3 rings (SSSR count). The van der Waals surface area contributed by atoms with Crippen LogP contribution in [-0.2, 0) is 6.54 Å². The number of rotatable bonds is 4. The normalized spacial score (nSPS) is 14.9. The Labute approximate surface area is 124 Å². The Bertz CT molecular complexity index is 609. The van der Waals surface area contributed by atoms with Gasteiger partial charge in [-0.05, 0) is 53.0 Å². The van der Waals surface area contributed by atoms with Crippen molar-refractivity contribution in [3.05, 3.63) is 45.3 Å². The number of furan rings is 1. The van der Waals surface area contributed by atoms with Gasteiger partial charge in [-0.3, -0.25) is 0 Å². The quantitative estimate of drug-likeness (QED) is 0.809. The van der Waals surface area contributed by atoms with Crippen molar-refractivity contribution < 1.29 is 8.81 Å². The van der Waals surface area contributed by atoms with Crippen LogP contribution in [0.4, 0.5) is 4.39 Å². The average molecular weight is 345 g/mol. The molecule has 0 bridgehead atoms. The molecule has 0 saturated heterocycles. The molecule has 1 saturated carbocycles. The maximum atomic E-state index is 14.0. The lowest BCUT2D eigenvalue weighted by atomic mass is 10.1. The number of hydrogen-bond acceptors (Lipinski definition) is 2. The highest BCUT2D eigenvalue weighted by Crippen LogP contribution is 2.33. The van der Waals surface area contributed by atoms with Crippen molar-refractivity contribution in [2.45, 2.75) is 25.4 Å². The summed E-state index contributed by atoms with van der Waals surface area (Å²) in [6.07, 6.45) is 2.45. The van der Waals surface area contributed by atoms with Crippen molar-refractivity contribution in [2.24, 2.45) is 0 Å². The highest BCUT2D eigenvalue weighted by molar-refractivity contribution is 9.10. The van der Waals surface area contributed by atoms with Crippen molar-refractivity contribution in [3.63, 3.8) is 0 Å². The van der Waals surface area contributed by atoms with Gasteiger partial charge >= 0.3 is 0 Å². The summed E-state index contributed by atoms with van der Waals surface area (Å²) in [7, 11) is 0. The first-order valence-corrected chi connectivity index (χ1v) is 7.28. The summed E-state index contributed by atoms with van der Waals surface area (Å²) in [6.45, 7) is 0.677. The third-order valence-electron chi connectivity index (χ3n) is 3.10. The summed E-state index contributed by atoms with van der Waals surface area (Å²) in [5, 5.41) is 3.43. The zero-order valence-electron chi connectivity index (χ0n) is 10.1. The van der Waals surface area contributed by atoms with Crippen LogP contribution < -0.4 is 5.32 Å². The van der Waals surface area contributed by atoms with Crippen LogP contribution in [-0.4, -0.2) is 6.04 Å². The van der Waals surface area contributed by atoms with Gasteiger partial charge in [-0.15, -0.1) is 0 Å². The molecule has 0 amide bonds. The predicted octanol–water partition coefficient (Wildman–Crippen LogP) is 4.75. The van der Waals surface area contributed by atoms with Gasteiger partial charge in [0.2, 0.25) is 0 Å². The van der Waals surface area contributed by atoms with Crippen LogP contribution in [0, 0.1) is 5.82 Å². The summed E-state index contributed by atoms with van der Waals surface area (Å²) in [5.74, 6) is 0.840. The minimum Gasteiger partial charge on any atom is -0.460 e. The van der Waals surface area contributed by atoms with Gasteiger partial charge in [0.15, 0.2) is 5.82 Å². The molecule has 0 spiro atoms. The van der Waals surface area contributed by atoms with E-state index in [0.29, 0.717) is 28.4 Å². The van der Waals surface area contributed by atoms with Gasteiger partial charge < -0.3 is 9.73 Å². The smallest absolute Gasteiger partial charge is 0.153 e. The van der Waals surface area contributed by atoms with Gasteiger partial charge in [0.1, 0.15) is 11.5 Å². The lowest BCUT2D eigenvalue weighted by Gasteiger charge is -2.04. The Hall–Kier alpha value is -0.840. The number of hydrogen-bond donors (Lipinski definition) is 1. The van der Waals surface area contributed by atoms with Gasteiger partial charge in [0, 0.05) is 10.5 Å². The van der Waals surface area contributed by atoms with E-state index in [1.54, 1.807) is 18.2 Å². The van der Waals surface area contributed by atoms with E-state index in [9.17, 15) is 4.39 Å². The van der Waals surface area contributed by atoms with Gasteiger partial charge in [-0.2, -0.15) is 0 Å². The Morgan fingerprint density at radius 1 is 1.32 bits per heavy atom. The van der Waals surface area contributed by atoms with E-state index in [-0.39, 0.29) is 5.02 Å². The first kappa shape index (κ1) is 13.2.